The van der Waals surface area contributed by atoms with Crippen LogP contribution < -0.4 is 9.62 Å². The maximum Gasteiger partial charge on any atom is 0.266 e. The van der Waals surface area contributed by atoms with Gasteiger partial charge in [-0.2, -0.15) is 0 Å². The third-order valence-electron chi connectivity index (χ3n) is 6.84. The largest absolute Gasteiger partial charge is 0.353 e. The molecule has 1 saturated heterocycles. The normalized spacial score (nSPS) is 17.9. The number of hydrogen-bond donors (Lipinski definition) is 1. The van der Waals surface area contributed by atoms with Gasteiger partial charge in [-0.3, -0.25) is 14.0 Å². The summed E-state index contributed by atoms with van der Waals surface area (Å²) in [5.74, 6) is 0.362. The summed E-state index contributed by atoms with van der Waals surface area (Å²) < 4.78 is 28.9. The van der Waals surface area contributed by atoms with Crippen molar-refractivity contribution in [1.82, 2.24) is 4.90 Å². The Labute approximate surface area is 201 Å². The minimum absolute atomic E-state index is 0.142. The monoisotopic (exact) mass is 475 g/mol. The molecule has 2 heterocycles. The van der Waals surface area contributed by atoms with E-state index in [4.69, 9.17) is 0 Å². The highest BCUT2D eigenvalue weighted by atomic mass is 32.2. The third-order valence-corrected chi connectivity index (χ3v) is 8.68. The molecule has 0 unspecified atom stereocenters. The molecule has 0 amide bonds. The highest BCUT2D eigenvalue weighted by Gasteiger charge is 2.34. The van der Waals surface area contributed by atoms with E-state index >= 15 is 0 Å². The Bertz CT molecular complexity index is 1310. The van der Waals surface area contributed by atoms with Crippen LogP contribution in [0.3, 0.4) is 0 Å². The average molecular weight is 476 g/mol. The minimum Gasteiger partial charge on any atom is -0.353 e. The summed E-state index contributed by atoms with van der Waals surface area (Å²) in [5.41, 5.74) is 3.85. The third kappa shape index (κ3) is 4.33. The highest BCUT2D eigenvalue weighted by molar-refractivity contribution is 7.93. The molecule has 34 heavy (non-hydrogen) atoms. The van der Waals surface area contributed by atoms with E-state index in [2.05, 4.69) is 10.2 Å². The zero-order chi connectivity index (χ0) is 23.7. The molecule has 176 valence electrons. The molecule has 3 aromatic carbocycles. The van der Waals surface area contributed by atoms with E-state index in [9.17, 15) is 13.2 Å². The van der Waals surface area contributed by atoms with Crippen molar-refractivity contribution in [1.29, 1.82) is 0 Å². The van der Waals surface area contributed by atoms with Gasteiger partial charge in [0.25, 0.3) is 10.0 Å². The van der Waals surface area contributed by atoms with Crippen LogP contribution in [0.15, 0.2) is 77.7 Å². The molecule has 0 aromatic heterocycles. The Balaban J connectivity index is 1.31. The van der Waals surface area contributed by atoms with Gasteiger partial charge in [0.05, 0.1) is 23.6 Å². The van der Waals surface area contributed by atoms with Crippen molar-refractivity contribution < 1.29 is 13.2 Å². The number of fused-ring (bicyclic) bond motifs is 2. The molecule has 3 aromatic rings. The second-order valence-corrected chi connectivity index (χ2v) is 11.0. The number of aryl methyl sites for hydroxylation is 1. The van der Waals surface area contributed by atoms with Crippen molar-refractivity contribution in [3.8, 4) is 0 Å². The van der Waals surface area contributed by atoms with E-state index in [1.165, 1.54) is 0 Å². The van der Waals surface area contributed by atoms with Crippen molar-refractivity contribution in [2.24, 2.45) is 5.92 Å². The van der Waals surface area contributed by atoms with E-state index < -0.39 is 10.0 Å². The Hall–Kier alpha value is -3.16. The van der Waals surface area contributed by atoms with Gasteiger partial charge in [-0.25, -0.2) is 8.42 Å². The smallest absolute Gasteiger partial charge is 0.266 e. The summed E-state index contributed by atoms with van der Waals surface area (Å²) in [5, 5.41) is 3.31. The first kappa shape index (κ1) is 22.6. The van der Waals surface area contributed by atoms with Crippen molar-refractivity contribution in [2.75, 3.05) is 35.8 Å². The van der Waals surface area contributed by atoms with Crippen LogP contribution in [0.25, 0.3) is 0 Å². The van der Waals surface area contributed by atoms with Gasteiger partial charge < -0.3 is 5.32 Å². The van der Waals surface area contributed by atoms with Crippen molar-refractivity contribution in [3.63, 3.8) is 0 Å². The maximum absolute atomic E-state index is 13.7. The van der Waals surface area contributed by atoms with Crippen LogP contribution in [-0.4, -0.2) is 45.3 Å². The summed E-state index contributed by atoms with van der Waals surface area (Å²) in [6.45, 7) is 4.36. The molecule has 7 heteroatoms. The second-order valence-electron chi connectivity index (χ2n) is 9.13. The topological polar surface area (TPSA) is 69.7 Å². The zero-order valence-corrected chi connectivity index (χ0v) is 20.1. The van der Waals surface area contributed by atoms with E-state index in [-0.39, 0.29) is 11.7 Å². The van der Waals surface area contributed by atoms with Gasteiger partial charge in [0.15, 0.2) is 5.78 Å². The molecule has 0 aliphatic carbocycles. The quantitative estimate of drug-likeness (QED) is 0.535. The Morgan fingerprint density at radius 1 is 0.912 bits per heavy atom. The van der Waals surface area contributed by atoms with Crippen molar-refractivity contribution in [2.45, 2.75) is 24.7 Å². The number of rotatable bonds is 5. The molecule has 6 nitrogen and oxygen atoms in total. The fraction of sp³-hybridized carbons (Fsp3) is 0.296. The van der Waals surface area contributed by atoms with Gasteiger partial charge in [0.2, 0.25) is 0 Å². The van der Waals surface area contributed by atoms with Crippen molar-refractivity contribution in [3.05, 3.63) is 83.9 Å². The SMILES string of the molecule is Cc1ccccc1C(=O)CN1CCC(CN2c3ccccc3Nc3ccccc3S2(=O)=O)CC1. The van der Waals surface area contributed by atoms with Gasteiger partial charge in [-0.05, 0) is 68.6 Å². The number of piperidine rings is 1. The highest BCUT2D eigenvalue weighted by Crippen LogP contribution is 2.40. The molecule has 0 radical (unpaired) electrons. The number of Topliss-reactive ketones (excluding diaryl/α,β-unsaturated/α-hetero) is 1. The van der Waals surface area contributed by atoms with Crippen LogP contribution in [0.2, 0.25) is 0 Å². The van der Waals surface area contributed by atoms with Gasteiger partial charge in [-0.1, -0.05) is 48.5 Å². The van der Waals surface area contributed by atoms with Gasteiger partial charge in [0.1, 0.15) is 4.90 Å². The number of carbonyl (C=O) groups is 1. The number of para-hydroxylation sites is 3. The second kappa shape index (κ2) is 9.24. The molecular formula is C27H29N3O3S. The number of benzene rings is 3. The van der Waals surface area contributed by atoms with E-state index in [0.29, 0.717) is 29.4 Å². The van der Waals surface area contributed by atoms with Gasteiger partial charge in [-0.15, -0.1) is 0 Å². The first-order valence-electron chi connectivity index (χ1n) is 11.7. The Kier molecular flexibility index (Phi) is 6.15. The summed E-state index contributed by atoms with van der Waals surface area (Å²) in [7, 11) is -3.70. The molecule has 0 bridgehead atoms. The van der Waals surface area contributed by atoms with E-state index in [1.807, 2.05) is 61.5 Å². The number of sulfonamides is 1. The Morgan fingerprint density at radius 3 is 2.32 bits per heavy atom. The average Bonchev–Trinajstić information content (AvgIpc) is 2.93. The minimum atomic E-state index is -3.70. The lowest BCUT2D eigenvalue weighted by Gasteiger charge is -2.35. The van der Waals surface area contributed by atoms with Gasteiger partial charge >= 0.3 is 0 Å². The summed E-state index contributed by atoms with van der Waals surface area (Å²) in [6.07, 6.45) is 1.70. The number of nitrogens with one attached hydrogen (secondary N) is 1. The molecular weight excluding hydrogens is 446 g/mol. The molecule has 0 atom stereocenters. The van der Waals surface area contributed by atoms with Crippen LogP contribution in [-0.2, 0) is 10.0 Å². The zero-order valence-electron chi connectivity index (χ0n) is 19.3. The summed E-state index contributed by atoms with van der Waals surface area (Å²) in [6, 6.07) is 22.3. The van der Waals surface area contributed by atoms with Crippen LogP contribution in [0.4, 0.5) is 17.1 Å². The number of nitrogens with zero attached hydrogens (tertiary/aromatic N) is 2. The molecule has 1 N–H and O–H groups in total. The first-order valence-corrected chi connectivity index (χ1v) is 13.2. The molecule has 2 aliphatic heterocycles. The maximum atomic E-state index is 13.7. The lowest BCUT2D eigenvalue weighted by Crippen LogP contribution is -2.42. The fourth-order valence-electron chi connectivity index (χ4n) is 4.92. The molecule has 0 saturated carbocycles. The van der Waals surface area contributed by atoms with Crippen molar-refractivity contribution >= 4 is 32.9 Å². The van der Waals surface area contributed by atoms with E-state index in [1.54, 1.807) is 22.5 Å². The number of ketones is 1. The predicted molar refractivity (Wildman–Crippen MR) is 135 cm³/mol. The predicted octanol–water partition coefficient (Wildman–Crippen LogP) is 4.84. The lowest BCUT2D eigenvalue weighted by molar-refractivity contribution is 0.0897. The van der Waals surface area contributed by atoms with E-state index in [0.717, 1.165) is 42.7 Å². The standard InChI is InChI=1S/C27H29N3O3S/c1-20-8-2-3-9-22(20)26(31)19-29-16-14-21(15-17-29)18-30-25-12-6-4-10-23(25)28-24-11-5-7-13-27(24)34(30,32)33/h2-13,21,28H,14-19H2,1H3. The van der Waals surface area contributed by atoms with Crippen LogP contribution in [0, 0.1) is 12.8 Å². The van der Waals surface area contributed by atoms with Crippen LogP contribution >= 0.6 is 0 Å². The first-order chi connectivity index (χ1) is 16.4. The van der Waals surface area contributed by atoms with Crippen LogP contribution in [0.1, 0.15) is 28.8 Å². The molecule has 5 rings (SSSR count). The lowest BCUT2D eigenvalue weighted by atomic mass is 9.95. The summed E-state index contributed by atoms with van der Waals surface area (Å²) >= 11 is 0. The number of anilines is 3. The summed E-state index contributed by atoms with van der Waals surface area (Å²) in [4.78, 5) is 15.3. The number of hydrogen-bond acceptors (Lipinski definition) is 5. The number of likely N-dealkylation sites (tertiary alicyclic amines) is 1. The molecule has 2 aliphatic rings. The number of carbonyl (C=O) groups excluding carboxylic acids is 1. The molecule has 1 fully saturated rings. The fourth-order valence-corrected chi connectivity index (χ4v) is 6.63. The van der Waals surface area contributed by atoms with Crippen LogP contribution in [0.5, 0.6) is 0 Å². The Morgan fingerprint density at radius 2 is 1.56 bits per heavy atom. The molecule has 0 spiro atoms. The van der Waals surface area contributed by atoms with Gasteiger partial charge in [0, 0.05) is 12.1 Å².